The van der Waals surface area contributed by atoms with Crippen LogP contribution in [0.5, 0.6) is 11.5 Å². The van der Waals surface area contributed by atoms with E-state index < -0.39 is 0 Å². The Morgan fingerprint density at radius 2 is 1.43 bits per heavy atom. The molecule has 0 aromatic heterocycles. The number of nitrogens with one attached hydrogen (secondary N) is 2. The molecule has 4 aromatic rings. The molecular weight excluding hydrogens is 436 g/mol. The van der Waals surface area contributed by atoms with E-state index >= 15 is 0 Å². The second kappa shape index (κ2) is 12.8. The molecular formula is C30H30N2O3. The molecule has 0 aliphatic heterocycles. The minimum Gasteiger partial charge on any atom is -0.491 e. The zero-order valence-electron chi connectivity index (χ0n) is 19.7. The van der Waals surface area contributed by atoms with E-state index in [1.165, 1.54) is 5.56 Å². The Balaban J connectivity index is 1.23. The maximum Gasteiger partial charge on any atom is 0.243 e. The molecule has 178 valence electrons. The van der Waals surface area contributed by atoms with Crippen molar-refractivity contribution in [3.05, 3.63) is 120 Å². The van der Waals surface area contributed by atoms with Gasteiger partial charge in [-0.15, -0.1) is 0 Å². The van der Waals surface area contributed by atoms with E-state index in [9.17, 15) is 4.79 Å². The van der Waals surface area contributed by atoms with Gasteiger partial charge in [-0.05, 0) is 48.2 Å². The Labute approximate surface area is 206 Å². The number of anilines is 2. The van der Waals surface area contributed by atoms with Crippen LogP contribution < -0.4 is 20.1 Å². The van der Waals surface area contributed by atoms with Crippen molar-refractivity contribution in [2.45, 2.75) is 19.4 Å². The molecule has 0 radical (unpaired) electrons. The number of benzene rings is 4. The minimum absolute atomic E-state index is 0.129. The summed E-state index contributed by atoms with van der Waals surface area (Å²) < 4.78 is 11.8. The van der Waals surface area contributed by atoms with Crippen molar-refractivity contribution >= 4 is 17.3 Å². The van der Waals surface area contributed by atoms with Crippen molar-refractivity contribution in [1.82, 2.24) is 0 Å². The van der Waals surface area contributed by atoms with E-state index in [4.69, 9.17) is 9.47 Å². The molecule has 4 aromatic carbocycles. The van der Waals surface area contributed by atoms with E-state index in [-0.39, 0.29) is 12.5 Å². The number of hydrogen-bond acceptors (Lipinski definition) is 4. The number of carbonyl (C=O) groups excluding carboxylic acids is 1. The Morgan fingerprint density at radius 1 is 0.714 bits per heavy atom. The lowest BCUT2D eigenvalue weighted by atomic mass is 10.1. The van der Waals surface area contributed by atoms with Gasteiger partial charge in [0.05, 0.1) is 18.8 Å². The summed E-state index contributed by atoms with van der Waals surface area (Å²) in [5, 5.41) is 6.10. The van der Waals surface area contributed by atoms with Gasteiger partial charge in [0, 0.05) is 11.8 Å². The van der Waals surface area contributed by atoms with E-state index in [0.29, 0.717) is 24.7 Å². The Bertz CT molecular complexity index is 1200. The normalized spacial score (nSPS) is 10.4. The first-order valence-corrected chi connectivity index (χ1v) is 11.8. The highest BCUT2D eigenvalue weighted by molar-refractivity contribution is 5.95. The highest BCUT2D eigenvalue weighted by Gasteiger charge is 2.08. The summed E-state index contributed by atoms with van der Waals surface area (Å²) in [6.45, 7) is 1.20. The fraction of sp³-hybridized carbons (Fsp3) is 0.167. The summed E-state index contributed by atoms with van der Waals surface area (Å²) in [5.74, 6) is 1.26. The van der Waals surface area contributed by atoms with Gasteiger partial charge < -0.3 is 20.1 Å². The van der Waals surface area contributed by atoms with Crippen LogP contribution in [0.25, 0.3) is 0 Å². The molecule has 0 heterocycles. The molecule has 0 fully saturated rings. The molecule has 4 rings (SSSR count). The minimum atomic E-state index is -0.152. The summed E-state index contributed by atoms with van der Waals surface area (Å²) in [6.07, 6.45) is 1.85. The summed E-state index contributed by atoms with van der Waals surface area (Å²) >= 11 is 0. The first kappa shape index (κ1) is 23.9. The molecule has 35 heavy (non-hydrogen) atoms. The molecule has 5 nitrogen and oxygen atoms in total. The molecule has 1 amide bonds. The molecule has 0 aliphatic carbocycles. The molecule has 0 atom stereocenters. The standard InChI is InChI=1S/C30H30N2O3/c33-30(22-31-26-16-9-17-27(21-26)35-23-25-13-5-2-6-14-25)32-28-18-7-8-19-29(28)34-20-10-15-24-11-3-1-4-12-24/h1-9,11-14,16-19,21,31H,10,15,20,22-23H2,(H,32,33). The van der Waals surface area contributed by atoms with Crippen LogP contribution in [0.2, 0.25) is 0 Å². The van der Waals surface area contributed by atoms with Crippen LogP contribution in [0.1, 0.15) is 17.5 Å². The van der Waals surface area contributed by atoms with Gasteiger partial charge in [-0.1, -0.05) is 78.9 Å². The topological polar surface area (TPSA) is 59.6 Å². The van der Waals surface area contributed by atoms with Gasteiger partial charge in [0.2, 0.25) is 5.91 Å². The van der Waals surface area contributed by atoms with Crippen molar-refractivity contribution in [3.8, 4) is 11.5 Å². The monoisotopic (exact) mass is 466 g/mol. The molecule has 0 spiro atoms. The fourth-order valence-electron chi connectivity index (χ4n) is 3.61. The van der Waals surface area contributed by atoms with Crippen LogP contribution >= 0.6 is 0 Å². The number of rotatable bonds is 12. The number of amides is 1. The quantitative estimate of drug-likeness (QED) is 0.240. The molecule has 0 aliphatic rings. The molecule has 0 saturated heterocycles. The lowest BCUT2D eigenvalue weighted by Crippen LogP contribution is -2.22. The predicted molar refractivity (Wildman–Crippen MR) is 141 cm³/mol. The van der Waals surface area contributed by atoms with Crippen molar-refractivity contribution in [1.29, 1.82) is 0 Å². The summed E-state index contributed by atoms with van der Waals surface area (Å²) in [7, 11) is 0. The van der Waals surface area contributed by atoms with E-state index in [1.54, 1.807) is 0 Å². The zero-order valence-corrected chi connectivity index (χ0v) is 19.7. The third-order valence-electron chi connectivity index (χ3n) is 5.41. The van der Waals surface area contributed by atoms with Crippen molar-refractivity contribution in [3.63, 3.8) is 0 Å². The van der Waals surface area contributed by atoms with Crippen LogP contribution in [0.4, 0.5) is 11.4 Å². The van der Waals surface area contributed by atoms with Crippen LogP contribution in [0.15, 0.2) is 109 Å². The Hall–Kier alpha value is -4.25. The summed E-state index contributed by atoms with van der Waals surface area (Å²) in [4.78, 5) is 12.6. The first-order chi connectivity index (χ1) is 17.3. The summed E-state index contributed by atoms with van der Waals surface area (Å²) in [5.41, 5.74) is 3.87. The van der Waals surface area contributed by atoms with Crippen molar-refractivity contribution in [2.75, 3.05) is 23.8 Å². The number of hydrogen-bond donors (Lipinski definition) is 2. The molecule has 0 bridgehead atoms. The number of ether oxygens (including phenoxy) is 2. The fourth-order valence-corrected chi connectivity index (χ4v) is 3.61. The third kappa shape index (κ3) is 7.93. The van der Waals surface area contributed by atoms with Gasteiger partial charge >= 0.3 is 0 Å². The van der Waals surface area contributed by atoms with Gasteiger partial charge in [-0.3, -0.25) is 4.79 Å². The second-order valence-corrected chi connectivity index (χ2v) is 8.14. The number of aryl methyl sites for hydroxylation is 1. The number of para-hydroxylation sites is 2. The van der Waals surface area contributed by atoms with Crippen molar-refractivity contribution in [2.24, 2.45) is 0 Å². The molecule has 5 heteroatoms. The van der Waals surface area contributed by atoms with Crippen LogP contribution in [0.3, 0.4) is 0 Å². The third-order valence-corrected chi connectivity index (χ3v) is 5.41. The van der Waals surface area contributed by atoms with Crippen LogP contribution in [0, 0.1) is 0 Å². The lowest BCUT2D eigenvalue weighted by molar-refractivity contribution is -0.114. The highest BCUT2D eigenvalue weighted by atomic mass is 16.5. The average Bonchev–Trinajstić information content (AvgIpc) is 2.91. The zero-order chi connectivity index (χ0) is 24.1. The van der Waals surface area contributed by atoms with Gasteiger partial charge in [0.25, 0.3) is 0 Å². The Kier molecular flexibility index (Phi) is 8.77. The average molecular weight is 467 g/mol. The smallest absolute Gasteiger partial charge is 0.243 e. The van der Waals surface area contributed by atoms with Gasteiger partial charge in [0.1, 0.15) is 18.1 Å². The Morgan fingerprint density at radius 3 is 2.23 bits per heavy atom. The maximum atomic E-state index is 12.6. The molecule has 2 N–H and O–H groups in total. The van der Waals surface area contributed by atoms with Crippen molar-refractivity contribution < 1.29 is 14.3 Å². The van der Waals surface area contributed by atoms with Gasteiger partial charge in [-0.25, -0.2) is 0 Å². The SMILES string of the molecule is O=C(CNc1cccc(OCc2ccccc2)c1)Nc1ccccc1OCCCc1ccccc1. The largest absolute Gasteiger partial charge is 0.491 e. The number of carbonyl (C=O) groups is 1. The predicted octanol–water partition coefficient (Wildman–Crippen LogP) is 6.33. The van der Waals surface area contributed by atoms with Gasteiger partial charge in [-0.2, -0.15) is 0 Å². The van der Waals surface area contributed by atoms with Crippen LogP contribution in [-0.4, -0.2) is 19.1 Å². The van der Waals surface area contributed by atoms with E-state index in [0.717, 1.165) is 29.8 Å². The molecule has 0 saturated carbocycles. The van der Waals surface area contributed by atoms with Gasteiger partial charge in [0.15, 0.2) is 0 Å². The van der Waals surface area contributed by atoms with Crippen LogP contribution in [-0.2, 0) is 17.8 Å². The maximum absolute atomic E-state index is 12.6. The lowest BCUT2D eigenvalue weighted by Gasteiger charge is -2.13. The molecule has 0 unspecified atom stereocenters. The summed E-state index contributed by atoms with van der Waals surface area (Å²) in [6, 6.07) is 35.5. The highest BCUT2D eigenvalue weighted by Crippen LogP contribution is 2.24. The van der Waals surface area contributed by atoms with E-state index in [2.05, 4.69) is 22.8 Å². The van der Waals surface area contributed by atoms with E-state index in [1.807, 2.05) is 97.1 Å². The second-order valence-electron chi connectivity index (χ2n) is 8.14. The first-order valence-electron chi connectivity index (χ1n) is 11.8.